The predicted octanol–water partition coefficient (Wildman–Crippen LogP) is 6.04. The number of ether oxygens (including phenoxy) is 1. The Balaban J connectivity index is 2.01. The summed E-state index contributed by atoms with van der Waals surface area (Å²) in [5.41, 5.74) is 4.35. The number of carbonyl (C=O) groups excluding carboxylic acids is 2. The van der Waals surface area contributed by atoms with Crippen molar-refractivity contribution in [2.75, 3.05) is 12.4 Å². The molecule has 1 aromatic heterocycles. The Labute approximate surface area is 202 Å². The Morgan fingerprint density at radius 2 is 1.82 bits per heavy atom. The molecule has 0 bridgehead atoms. The van der Waals surface area contributed by atoms with Gasteiger partial charge in [0.25, 0.3) is 5.91 Å². The number of hydrogen-bond acceptors (Lipinski definition) is 4. The molecule has 8 heteroatoms. The molecule has 1 heterocycles. The third-order valence-electron chi connectivity index (χ3n) is 5.26. The summed E-state index contributed by atoms with van der Waals surface area (Å²) in [7, 11) is 1.31. The van der Waals surface area contributed by atoms with Crippen LogP contribution in [0.4, 0.5) is 5.69 Å². The van der Waals surface area contributed by atoms with Crippen LogP contribution in [0.5, 0.6) is 0 Å². The van der Waals surface area contributed by atoms with Gasteiger partial charge < -0.3 is 14.6 Å². The highest BCUT2D eigenvalue weighted by atomic mass is 35.5. The first-order valence-electron chi connectivity index (χ1n) is 9.93. The number of halogens is 2. The van der Waals surface area contributed by atoms with Crippen LogP contribution in [0.25, 0.3) is 11.8 Å². The van der Waals surface area contributed by atoms with Crippen molar-refractivity contribution in [2.24, 2.45) is 0 Å². The Hall–Kier alpha value is -3.53. The van der Waals surface area contributed by atoms with Crippen molar-refractivity contribution in [3.05, 3.63) is 86.2 Å². The average molecular weight is 482 g/mol. The van der Waals surface area contributed by atoms with E-state index in [-0.39, 0.29) is 5.57 Å². The van der Waals surface area contributed by atoms with E-state index in [0.29, 0.717) is 38.1 Å². The Morgan fingerprint density at radius 3 is 2.48 bits per heavy atom. The summed E-state index contributed by atoms with van der Waals surface area (Å²) < 4.78 is 6.66. The minimum atomic E-state index is -0.543. The van der Waals surface area contributed by atoms with Gasteiger partial charge in [0, 0.05) is 22.1 Å². The second-order valence-electron chi connectivity index (χ2n) is 7.36. The first-order chi connectivity index (χ1) is 15.7. The van der Waals surface area contributed by atoms with Crippen LogP contribution in [0.15, 0.2) is 48.0 Å². The minimum Gasteiger partial charge on any atom is -0.465 e. The van der Waals surface area contributed by atoms with Gasteiger partial charge in [-0.15, -0.1) is 0 Å². The predicted molar refractivity (Wildman–Crippen MR) is 130 cm³/mol. The number of aromatic nitrogens is 1. The van der Waals surface area contributed by atoms with Gasteiger partial charge in [-0.2, -0.15) is 5.26 Å². The molecular weight excluding hydrogens is 461 g/mol. The fraction of sp³-hybridized carbons (Fsp3) is 0.160. The van der Waals surface area contributed by atoms with Crippen molar-refractivity contribution in [2.45, 2.75) is 20.8 Å². The Morgan fingerprint density at radius 1 is 1.09 bits per heavy atom. The number of amides is 1. The van der Waals surface area contributed by atoms with E-state index in [1.54, 1.807) is 43.3 Å². The lowest BCUT2D eigenvalue weighted by atomic mass is 10.1. The number of nitrogens with zero attached hydrogens (tertiary/aromatic N) is 2. The number of nitriles is 1. The quantitative estimate of drug-likeness (QED) is 0.273. The van der Waals surface area contributed by atoms with Crippen LogP contribution in [0.2, 0.25) is 10.0 Å². The maximum Gasteiger partial charge on any atom is 0.337 e. The third-order valence-corrected chi connectivity index (χ3v) is 5.99. The van der Waals surface area contributed by atoms with Gasteiger partial charge in [-0.1, -0.05) is 29.3 Å². The van der Waals surface area contributed by atoms with Gasteiger partial charge in [-0.25, -0.2) is 4.79 Å². The molecule has 0 fully saturated rings. The van der Waals surface area contributed by atoms with Crippen molar-refractivity contribution in [3.8, 4) is 11.8 Å². The number of hydrogen-bond donors (Lipinski definition) is 1. The summed E-state index contributed by atoms with van der Waals surface area (Å²) in [4.78, 5) is 24.7. The second-order valence-corrected chi connectivity index (χ2v) is 8.17. The van der Waals surface area contributed by atoms with E-state index in [9.17, 15) is 14.9 Å². The van der Waals surface area contributed by atoms with Crippen LogP contribution in [0.3, 0.4) is 0 Å². The van der Waals surface area contributed by atoms with Crippen LogP contribution in [-0.2, 0) is 9.53 Å². The Kier molecular flexibility index (Phi) is 7.27. The molecule has 3 aromatic rings. The van der Waals surface area contributed by atoms with Crippen LogP contribution in [0, 0.1) is 32.1 Å². The molecule has 0 aliphatic rings. The van der Waals surface area contributed by atoms with Crippen molar-refractivity contribution in [1.29, 1.82) is 5.26 Å². The van der Waals surface area contributed by atoms with Gasteiger partial charge in [-0.05, 0) is 74.4 Å². The van der Waals surface area contributed by atoms with Gasteiger partial charge in [0.1, 0.15) is 11.6 Å². The van der Waals surface area contributed by atoms with Gasteiger partial charge in [0.15, 0.2) is 0 Å². The summed E-state index contributed by atoms with van der Waals surface area (Å²) >= 11 is 12.5. The molecule has 168 valence electrons. The third kappa shape index (κ3) is 4.95. The number of anilines is 1. The largest absolute Gasteiger partial charge is 0.465 e. The second kappa shape index (κ2) is 9.95. The first kappa shape index (κ1) is 24.1. The van der Waals surface area contributed by atoms with Gasteiger partial charge in [0.2, 0.25) is 0 Å². The lowest BCUT2D eigenvalue weighted by molar-refractivity contribution is -0.112. The summed E-state index contributed by atoms with van der Waals surface area (Å²) in [6, 6.07) is 13.8. The molecule has 0 radical (unpaired) electrons. The Bertz CT molecular complexity index is 1330. The lowest BCUT2D eigenvalue weighted by Gasteiger charge is -2.13. The number of aryl methyl sites for hydroxylation is 1. The van der Waals surface area contributed by atoms with Gasteiger partial charge >= 0.3 is 5.97 Å². The van der Waals surface area contributed by atoms with Gasteiger partial charge in [-0.3, -0.25) is 4.79 Å². The van der Waals surface area contributed by atoms with E-state index < -0.39 is 11.9 Å². The maximum atomic E-state index is 12.8. The molecule has 0 saturated heterocycles. The molecule has 6 nitrogen and oxygen atoms in total. The van der Waals surface area contributed by atoms with E-state index >= 15 is 0 Å². The van der Waals surface area contributed by atoms with Crippen LogP contribution >= 0.6 is 23.2 Å². The lowest BCUT2D eigenvalue weighted by Crippen LogP contribution is -2.14. The molecule has 1 amide bonds. The van der Waals surface area contributed by atoms with E-state index in [2.05, 4.69) is 5.32 Å². The summed E-state index contributed by atoms with van der Waals surface area (Å²) in [6.07, 6.45) is 1.52. The fourth-order valence-electron chi connectivity index (χ4n) is 3.47. The molecular formula is C25H21Cl2N3O3. The molecule has 33 heavy (non-hydrogen) atoms. The number of carbonyl (C=O) groups is 2. The smallest absolute Gasteiger partial charge is 0.337 e. The van der Waals surface area contributed by atoms with E-state index in [1.807, 2.05) is 30.6 Å². The van der Waals surface area contributed by atoms with Crippen molar-refractivity contribution >= 4 is 46.8 Å². The molecule has 0 atom stereocenters. The molecule has 0 unspecified atom stereocenters. The molecule has 2 aromatic carbocycles. The molecule has 0 saturated carbocycles. The van der Waals surface area contributed by atoms with Crippen LogP contribution < -0.4 is 5.32 Å². The van der Waals surface area contributed by atoms with Crippen LogP contribution in [-0.4, -0.2) is 23.6 Å². The van der Waals surface area contributed by atoms with Crippen molar-refractivity contribution in [1.82, 2.24) is 4.57 Å². The number of rotatable bonds is 5. The van der Waals surface area contributed by atoms with Crippen molar-refractivity contribution in [3.63, 3.8) is 0 Å². The topological polar surface area (TPSA) is 84.1 Å². The first-order valence-corrected chi connectivity index (χ1v) is 10.7. The number of esters is 1. The number of methoxy groups -OCH3 is 1. The summed E-state index contributed by atoms with van der Waals surface area (Å²) in [5.74, 6) is -1.02. The maximum absolute atomic E-state index is 12.8. The van der Waals surface area contributed by atoms with Crippen molar-refractivity contribution < 1.29 is 14.3 Å². The highest BCUT2D eigenvalue weighted by Crippen LogP contribution is 2.29. The van der Waals surface area contributed by atoms with E-state index in [4.69, 9.17) is 27.9 Å². The monoisotopic (exact) mass is 481 g/mol. The normalized spacial score (nSPS) is 11.1. The summed E-state index contributed by atoms with van der Waals surface area (Å²) in [6.45, 7) is 5.49. The minimum absolute atomic E-state index is 0.0657. The summed E-state index contributed by atoms with van der Waals surface area (Å²) in [5, 5.41) is 13.3. The molecule has 0 aliphatic carbocycles. The zero-order valence-corrected chi connectivity index (χ0v) is 20.0. The molecule has 0 aliphatic heterocycles. The molecule has 1 N–H and O–H groups in total. The molecule has 3 rings (SSSR count). The highest BCUT2D eigenvalue weighted by Gasteiger charge is 2.17. The zero-order chi connectivity index (χ0) is 24.3. The average Bonchev–Trinajstić information content (AvgIpc) is 3.07. The zero-order valence-electron chi connectivity index (χ0n) is 18.5. The van der Waals surface area contributed by atoms with Crippen LogP contribution in [0.1, 0.15) is 32.9 Å². The van der Waals surface area contributed by atoms with E-state index in [0.717, 1.165) is 11.4 Å². The van der Waals surface area contributed by atoms with E-state index in [1.165, 1.54) is 13.2 Å². The SMILES string of the molecule is COC(=O)c1ccc(Cl)c(-n2c(C)cc(/C=C(/C#N)C(=O)Nc3cccc(Cl)c3C)c2C)c1. The number of nitrogens with one attached hydrogen (secondary N) is 1. The molecule has 0 spiro atoms. The fourth-order valence-corrected chi connectivity index (χ4v) is 3.85. The standard InChI is InChI=1S/C25H21Cl2N3O3/c1-14-10-18(11-19(13-28)24(31)29-22-7-5-6-20(26)15(22)2)16(3)30(14)23-12-17(25(32)33-4)8-9-21(23)27/h5-12H,1-4H3,(H,29,31)/b19-11-. The van der Waals surface area contributed by atoms with Gasteiger partial charge in [0.05, 0.1) is 23.4 Å². The number of benzene rings is 2. The highest BCUT2D eigenvalue weighted by molar-refractivity contribution is 6.32.